The summed E-state index contributed by atoms with van der Waals surface area (Å²) < 4.78 is 11.1. The van der Waals surface area contributed by atoms with E-state index in [9.17, 15) is 9.59 Å². The number of anilines is 1. The van der Waals surface area contributed by atoms with Crippen molar-refractivity contribution < 1.29 is 18.7 Å². The summed E-state index contributed by atoms with van der Waals surface area (Å²) in [6.07, 6.45) is 1.60. The highest BCUT2D eigenvalue weighted by Gasteiger charge is 2.21. The Balaban J connectivity index is 1.47. The fraction of sp³-hybridized carbons (Fsp3) is 0.0870. The lowest BCUT2D eigenvalue weighted by Gasteiger charge is -2.19. The summed E-state index contributed by atoms with van der Waals surface area (Å²) in [4.78, 5) is 31.6. The number of hydrogen-bond donors (Lipinski definition) is 0. The van der Waals surface area contributed by atoms with Crippen molar-refractivity contribution in [2.75, 3.05) is 11.9 Å². The quantitative estimate of drug-likeness (QED) is 0.410. The lowest BCUT2D eigenvalue weighted by atomic mass is 10.1. The van der Waals surface area contributed by atoms with Crippen LogP contribution in [-0.2, 0) is 11.3 Å². The highest BCUT2D eigenvalue weighted by atomic mass is 32.1. The predicted octanol–water partition coefficient (Wildman–Crippen LogP) is 5.04. The summed E-state index contributed by atoms with van der Waals surface area (Å²) in [5.74, 6) is 0.146. The van der Waals surface area contributed by atoms with E-state index in [1.807, 2.05) is 41.8 Å². The number of ether oxygens (including phenoxy) is 1. The Bertz CT molecular complexity index is 1150. The molecule has 6 nitrogen and oxygen atoms in total. The maximum absolute atomic E-state index is 12.7. The van der Waals surface area contributed by atoms with E-state index in [0.717, 1.165) is 5.56 Å². The molecule has 0 N–H and O–H groups in total. The predicted molar refractivity (Wildman–Crippen MR) is 115 cm³/mol. The van der Waals surface area contributed by atoms with Crippen LogP contribution in [0.3, 0.4) is 0 Å². The van der Waals surface area contributed by atoms with Gasteiger partial charge in [0, 0.05) is 12.6 Å². The Kier molecular flexibility index (Phi) is 5.72. The molecule has 2 aromatic carbocycles. The molecule has 150 valence electrons. The Labute approximate surface area is 177 Å². The summed E-state index contributed by atoms with van der Waals surface area (Å²) in [6, 6.07) is 19.9. The molecule has 0 aliphatic heterocycles. The second-order valence-electron chi connectivity index (χ2n) is 6.42. The number of carbonyl (C=O) groups excluding carboxylic acids is 2. The van der Waals surface area contributed by atoms with Gasteiger partial charge in [0.25, 0.3) is 5.91 Å². The second-order valence-corrected chi connectivity index (χ2v) is 7.37. The van der Waals surface area contributed by atoms with Crippen LogP contribution in [0.15, 0.2) is 82.7 Å². The van der Waals surface area contributed by atoms with Gasteiger partial charge in [-0.3, -0.25) is 4.79 Å². The standard InChI is InChI=1S/C23H18N2O4S/c1-25(22(26)20-12-7-13-30-20)18-11-6-5-10-17(18)23(27)28-15-21-24-14-19(29-21)16-8-3-2-4-9-16/h2-14H,15H2,1H3. The summed E-state index contributed by atoms with van der Waals surface area (Å²) in [5, 5.41) is 1.83. The van der Waals surface area contributed by atoms with Gasteiger partial charge in [0.05, 0.1) is 22.3 Å². The molecule has 0 aliphatic rings. The number of oxazole rings is 1. The molecule has 0 unspecified atom stereocenters. The number of para-hydroxylation sites is 1. The average molecular weight is 418 g/mol. The van der Waals surface area contributed by atoms with Crippen molar-refractivity contribution in [1.82, 2.24) is 4.98 Å². The fourth-order valence-electron chi connectivity index (χ4n) is 2.93. The minimum atomic E-state index is -0.559. The minimum Gasteiger partial charge on any atom is -0.452 e. The van der Waals surface area contributed by atoms with Crippen LogP contribution in [0.4, 0.5) is 5.69 Å². The van der Waals surface area contributed by atoms with Crippen LogP contribution in [-0.4, -0.2) is 23.9 Å². The van der Waals surface area contributed by atoms with Gasteiger partial charge in [-0.25, -0.2) is 9.78 Å². The van der Waals surface area contributed by atoms with Gasteiger partial charge < -0.3 is 14.1 Å². The third-order valence-corrected chi connectivity index (χ3v) is 5.32. The normalized spacial score (nSPS) is 10.6. The van der Waals surface area contributed by atoms with Crippen LogP contribution in [0.2, 0.25) is 0 Å². The van der Waals surface area contributed by atoms with Crippen LogP contribution in [0.25, 0.3) is 11.3 Å². The van der Waals surface area contributed by atoms with Crippen molar-refractivity contribution >= 4 is 28.9 Å². The van der Waals surface area contributed by atoms with Crippen LogP contribution in [0, 0.1) is 0 Å². The van der Waals surface area contributed by atoms with Gasteiger partial charge >= 0.3 is 5.97 Å². The van der Waals surface area contributed by atoms with Crippen LogP contribution in [0.5, 0.6) is 0 Å². The average Bonchev–Trinajstić information content (AvgIpc) is 3.49. The molecule has 0 aliphatic carbocycles. The SMILES string of the molecule is CN(C(=O)c1cccs1)c1ccccc1C(=O)OCc1ncc(-c2ccccc2)o1. The van der Waals surface area contributed by atoms with Gasteiger partial charge in [0.2, 0.25) is 5.89 Å². The number of thiophene rings is 1. The van der Waals surface area contributed by atoms with E-state index in [4.69, 9.17) is 9.15 Å². The monoisotopic (exact) mass is 418 g/mol. The van der Waals surface area contributed by atoms with Crippen molar-refractivity contribution in [1.29, 1.82) is 0 Å². The number of hydrogen-bond acceptors (Lipinski definition) is 6. The summed E-state index contributed by atoms with van der Waals surface area (Å²) >= 11 is 1.35. The van der Waals surface area contributed by atoms with Crippen molar-refractivity contribution in [3.63, 3.8) is 0 Å². The largest absolute Gasteiger partial charge is 0.452 e. The first kappa shape index (κ1) is 19.6. The van der Waals surface area contributed by atoms with Crippen LogP contribution in [0.1, 0.15) is 25.9 Å². The Hall–Kier alpha value is -3.71. The van der Waals surface area contributed by atoms with E-state index < -0.39 is 5.97 Å². The number of rotatable bonds is 6. The van der Waals surface area contributed by atoms with Gasteiger partial charge in [-0.2, -0.15) is 0 Å². The first-order valence-corrected chi connectivity index (χ1v) is 10.1. The fourth-order valence-corrected chi connectivity index (χ4v) is 3.63. The lowest BCUT2D eigenvalue weighted by Crippen LogP contribution is -2.27. The van der Waals surface area contributed by atoms with E-state index in [2.05, 4.69) is 4.98 Å². The summed E-state index contributed by atoms with van der Waals surface area (Å²) in [7, 11) is 1.63. The maximum Gasteiger partial charge on any atom is 0.340 e. The van der Waals surface area contributed by atoms with E-state index >= 15 is 0 Å². The van der Waals surface area contributed by atoms with E-state index in [-0.39, 0.29) is 12.5 Å². The van der Waals surface area contributed by atoms with Crippen LogP contribution < -0.4 is 4.90 Å². The molecule has 7 heteroatoms. The Morgan fingerprint density at radius 1 is 1.03 bits per heavy atom. The van der Waals surface area contributed by atoms with E-state index in [0.29, 0.717) is 27.8 Å². The van der Waals surface area contributed by atoms with Crippen molar-refractivity contribution in [2.45, 2.75) is 6.61 Å². The molecule has 0 radical (unpaired) electrons. The summed E-state index contributed by atoms with van der Waals surface area (Å²) in [5.41, 5.74) is 1.65. The topological polar surface area (TPSA) is 72.6 Å². The molecule has 0 saturated heterocycles. The number of nitrogens with zero attached hydrogens (tertiary/aromatic N) is 2. The van der Waals surface area contributed by atoms with Crippen molar-refractivity contribution in [3.8, 4) is 11.3 Å². The molecule has 1 amide bonds. The number of aromatic nitrogens is 1. The molecule has 0 bridgehead atoms. The lowest BCUT2D eigenvalue weighted by molar-refractivity contribution is 0.0440. The highest BCUT2D eigenvalue weighted by molar-refractivity contribution is 7.12. The van der Waals surface area contributed by atoms with Crippen LogP contribution >= 0.6 is 11.3 Å². The molecule has 0 fully saturated rings. The zero-order valence-electron chi connectivity index (χ0n) is 16.1. The second kappa shape index (κ2) is 8.75. The molecule has 30 heavy (non-hydrogen) atoms. The Morgan fingerprint density at radius 3 is 2.57 bits per heavy atom. The van der Waals surface area contributed by atoms with Gasteiger partial charge in [-0.15, -0.1) is 11.3 Å². The zero-order valence-corrected chi connectivity index (χ0v) is 17.0. The minimum absolute atomic E-state index is 0.109. The number of carbonyl (C=O) groups is 2. The first-order valence-electron chi connectivity index (χ1n) is 9.21. The van der Waals surface area contributed by atoms with Gasteiger partial charge in [0.1, 0.15) is 0 Å². The van der Waals surface area contributed by atoms with Gasteiger partial charge in [0.15, 0.2) is 12.4 Å². The molecule has 0 spiro atoms. The molecule has 4 aromatic rings. The molecular formula is C23H18N2O4S. The smallest absolute Gasteiger partial charge is 0.340 e. The first-order chi connectivity index (χ1) is 14.6. The van der Waals surface area contributed by atoms with Crippen molar-refractivity contribution in [3.05, 3.63) is 94.6 Å². The third-order valence-electron chi connectivity index (χ3n) is 4.46. The highest BCUT2D eigenvalue weighted by Crippen LogP contribution is 2.24. The third kappa shape index (κ3) is 4.16. The van der Waals surface area contributed by atoms with E-state index in [1.54, 1.807) is 43.6 Å². The van der Waals surface area contributed by atoms with Gasteiger partial charge in [-0.1, -0.05) is 48.5 Å². The summed E-state index contributed by atoms with van der Waals surface area (Å²) in [6.45, 7) is -0.109. The number of amides is 1. The molecule has 2 aromatic heterocycles. The molecule has 0 atom stereocenters. The molecule has 0 saturated carbocycles. The van der Waals surface area contributed by atoms with Crippen molar-refractivity contribution in [2.24, 2.45) is 0 Å². The number of benzene rings is 2. The molecule has 2 heterocycles. The van der Waals surface area contributed by atoms with E-state index in [1.165, 1.54) is 16.2 Å². The van der Waals surface area contributed by atoms with Gasteiger partial charge in [-0.05, 0) is 23.6 Å². The Morgan fingerprint density at radius 2 is 1.80 bits per heavy atom. The zero-order chi connectivity index (χ0) is 20.9. The molecular weight excluding hydrogens is 400 g/mol. The number of esters is 1. The maximum atomic E-state index is 12.7. The molecule has 4 rings (SSSR count).